The van der Waals surface area contributed by atoms with Crippen LogP contribution >= 0.6 is 0 Å². The van der Waals surface area contributed by atoms with Crippen LogP contribution in [0, 0.1) is 0 Å². The normalized spacial score (nSPS) is 23.7. The number of aliphatic hydroxyl groups is 2. The van der Waals surface area contributed by atoms with Crippen molar-refractivity contribution in [3.8, 4) is 0 Å². The van der Waals surface area contributed by atoms with Gasteiger partial charge in [-0.25, -0.2) is 4.98 Å². The number of pyridine rings is 1. The summed E-state index contributed by atoms with van der Waals surface area (Å²) in [4.78, 5) is 4.72. The fourth-order valence-corrected chi connectivity index (χ4v) is 2.04. The summed E-state index contributed by atoms with van der Waals surface area (Å²) in [6, 6.07) is 1.73. The molecule has 0 amide bonds. The third-order valence-electron chi connectivity index (χ3n) is 3.11. The summed E-state index contributed by atoms with van der Waals surface area (Å²) in [6.45, 7) is -0.220. The van der Waals surface area contributed by atoms with Gasteiger partial charge >= 0.3 is 6.18 Å². The molecule has 1 aliphatic rings. The number of aromatic nitrogens is 1. The maximum atomic E-state index is 12.7. The molecule has 1 saturated heterocycles. The Kier molecular flexibility index (Phi) is 3.92. The maximum absolute atomic E-state index is 12.7. The van der Waals surface area contributed by atoms with E-state index >= 15 is 0 Å². The Hall–Kier alpha value is -2.07. The number of oxime groups is 1. The molecule has 2 rings (SSSR count). The molecular formula is C11H13F3N4O3. The van der Waals surface area contributed by atoms with Crippen molar-refractivity contribution in [1.29, 1.82) is 0 Å². The summed E-state index contributed by atoms with van der Waals surface area (Å²) in [7, 11) is 0. The molecule has 116 valence electrons. The first-order valence-corrected chi connectivity index (χ1v) is 5.91. The van der Waals surface area contributed by atoms with Gasteiger partial charge in [0, 0.05) is 13.1 Å². The van der Waals surface area contributed by atoms with Crippen LogP contribution in [0.5, 0.6) is 0 Å². The Balaban J connectivity index is 2.49. The van der Waals surface area contributed by atoms with Gasteiger partial charge in [-0.05, 0) is 12.1 Å². The molecule has 5 N–H and O–H groups in total. The maximum Gasteiger partial charge on any atom is 0.433 e. The minimum absolute atomic E-state index is 0.0215. The summed E-state index contributed by atoms with van der Waals surface area (Å²) < 4.78 is 38.2. The molecule has 1 fully saturated rings. The zero-order chi connectivity index (χ0) is 15.8. The van der Waals surface area contributed by atoms with Gasteiger partial charge < -0.3 is 26.1 Å². The summed E-state index contributed by atoms with van der Waals surface area (Å²) in [5.74, 6) is -0.627. The predicted octanol–water partition coefficient (Wildman–Crippen LogP) is -0.263. The number of nitrogens with two attached hydrogens (primary N) is 1. The molecule has 10 heteroatoms. The van der Waals surface area contributed by atoms with Gasteiger partial charge in [0.1, 0.15) is 11.5 Å². The molecule has 2 atom stereocenters. The van der Waals surface area contributed by atoms with Crippen molar-refractivity contribution in [3.63, 3.8) is 0 Å². The molecule has 1 aliphatic heterocycles. The molecule has 2 heterocycles. The smallest absolute Gasteiger partial charge is 0.409 e. The Labute approximate surface area is 117 Å². The molecule has 7 nitrogen and oxygen atoms in total. The third kappa shape index (κ3) is 3.00. The Morgan fingerprint density at radius 2 is 1.86 bits per heavy atom. The van der Waals surface area contributed by atoms with Gasteiger partial charge in [0.25, 0.3) is 0 Å². The van der Waals surface area contributed by atoms with Gasteiger partial charge in [-0.3, -0.25) is 0 Å². The summed E-state index contributed by atoms with van der Waals surface area (Å²) in [5.41, 5.74) is 4.25. The van der Waals surface area contributed by atoms with E-state index in [0.717, 1.165) is 6.07 Å². The van der Waals surface area contributed by atoms with Crippen LogP contribution < -0.4 is 10.6 Å². The van der Waals surface area contributed by atoms with E-state index in [0.29, 0.717) is 6.07 Å². The molecule has 0 aliphatic carbocycles. The van der Waals surface area contributed by atoms with Gasteiger partial charge in [-0.2, -0.15) is 13.2 Å². The van der Waals surface area contributed by atoms with Crippen LogP contribution in [0.3, 0.4) is 0 Å². The summed E-state index contributed by atoms with van der Waals surface area (Å²) >= 11 is 0. The average Bonchev–Trinajstić information content (AvgIpc) is 2.76. The third-order valence-corrected chi connectivity index (χ3v) is 3.11. The lowest BCUT2D eigenvalue weighted by Crippen LogP contribution is -2.28. The number of halogens is 3. The molecule has 0 spiro atoms. The number of aliphatic hydroxyl groups excluding tert-OH is 2. The van der Waals surface area contributed by atoms with Gasteiger partial charge in [-0.15, -0.1) is 0 Å². The highest BCUT2D eigenvalue weighted by Gasteiger charge is 2.36. The van der Waals surface area contributed by atoms with Gasteiger partial charge in [-0.1, -0.05) is 5.16 Å². The molecule has 0 bridgehead atoms. The largest absolute Gasteiger partial charge is 0.433 e. The number of rotatable bonds is 2. The average molecular weight is 306 g/mol. The SMILES string of the molecule is N/C(=N/O)c1ccc(C(F)(F)F)nc1N1CC(O)C(O)C1. The second-order valence-electron chi connectivity index (χ2n) is 4.59. The van der Waals surface area contributed by atoms with Crippen molar-refractivity contribution >= 4 is 11.7 Å². The van der Waals surface area contributed by atoms with Crippen molar-refractivity contribution in [2.24, 2.45) is 10.9 Å². The predicted molar refractivity (Wildman–Crippen MR) is 66.0 cm³/mol. The van der Waals surface area contributed by atoms with Crippen LogP contribution in [-0.2, 0) is 6.18 Å². The topological polar surface area (TPSA) is 115 Å². The van der Waals surface area contributed by atoms with E-state index in [1.807, 2.05) is 0 Å². The second-order valence-corrected chi connectivity index (χ2v) is 4.59. The highest BCUT2D eigenvalue weighted by Crippen LogP contribution is 2.31. The van der Waals surface area contributed by atoms with Crippen LogP contribution in [0.25, 0.3) is 0 Å². The van der Waals surface area contributed by atoms with E-state index in [9.17, 15) is 23.4 Å². The standard InChI is InChI=1S/C11H13F3N4O3/c12-11(13,14)8-2-1-5(9(15)17-21)10(16-8)18-3-6(19)7(20)4-18/h1-2,6-7,19-21H,3-4H2,(H2,15,17). The first-order chi connectivity index (χ1) is 9.74. The second kappa shape index (κ2) is 5.37. The van der Waals surface area contributed by atoms with E-state index in [1.165, 1.54) is 4.90 Å². The van der Waals surface area contributed by atoms with Crippen LogP contribution in [0.15, 0.2) is 17.3 Å². The fourth-order valence-electron chi connectivity index (χ4n) is 2.04. The first-order valence-electron chi connectivity index (χ1n) is 5.91. The molecule has 1 aromatic heterocycles. The number of anilines is 1. The van der Waals surface area contributed by atoms with E-state index < -0.39 is 29.9 Å². The quantitative estimate of drug-likeness (QED) is 0.259. The lowest BCUT2D eigenvalue weighted by Gasteiger charge is -2.21. The number of hydrogen-bond acceptors (Lipinski definition) is 6. The van der Waals surface area contributed by atoms with E-state index in [4.69, 9.17) is 10.9 Å². The highest BCUT2D eigenvalue weighted by molar-refractivity contribution is 6.01. The Bertz CT molecular complexity index is 554. The van der Waals surface area contributed by atoms with Crippen LogP contribution in [0.4, 0.5) is 19.0 Å². The lowest BCUT2D eigenvalue weighted by atomic mass is 10.2. The van der Waals surface area contributed by atoms with Gasteiger partial charge in [0.05, 0.1) is 17.8 Å². The minimum atomic E-state index is -4.66. The van der Waals surface area contributed by atoms with Crippen molar-refractivity contribution in [2.75, 3.05) is 18.0 Å². The summed E-state index contributed by atoms with van der Waals surface area (Å²) in [5, 5.41) is 30.4. The van der Waals surface area contributed by atoms with E-state index in [-0.39, 0.29) is 24.5 Å². The Morgan fingerprint density at radius 1 is 1.29 bits per heavy atom. The van der Waals surface area contributed by atoms with Crippen molar-refractivity contribution in [2.45, 2.75) is 18.4 Å². The van der Waals surface area contributed by atoms with E-state index in [1.54, 1.807) is 0 Å². The lowest BCUT2D eigenvalue weighted by molar-refractivity contribution is -0.141. The van der Waals surface area contributed by atoms with Crippen LogP contribution in [0.2, 0.25) is 0 Å². The number of amidine groups is 1. The zero-order valence-corrected chi connectivity index (χ0v) is 10.6. The van der Waals surface area contributed by atoms with Crippen molar-refractivity contribution in [3.05, 3.63) is 23.4 Å². The van der Waals surface area contributed by atoms with Crippen molar-refractivity contribution in [1.82, 2.24) is 4.98 Å². The number of hydrogen-bond donors (Lipinski definition) is 4. The molecule has 0 radical (unpaired) electrons. The molecular weight excluding hydrogens is 293 g/mol. The molecule has 2 unspecified atom stereocenters. The highest BCUT2D eigenvalue weighted by atomic mass is 19.4. The molecule has 1 aromatic rings. The van der Waals surface area contributed by atoms with Gasteiger partial charge in [0.2, 0.25) is 0 Å². The van der Waals surface area contributed by atoms with Gasteiger partial charge in [0.15, 0.2) is 5.84 Å². The number of alkyl halides is 3. The first kappa shape index (κ1) is 15.3. The zero-order valence-electron chi connectivity index (χ0n) is 10.6. The van der Waals surface area contributed by atoms with E-state index in [2.05, 4.69) is 10.1 Å². The number of β-amino-alcohol motifs (C(OH)–C–C–N with tert-alkyl or cyclic N) is 2. The molecule has 21 heavy (non-hydrogen) atoms. The Morgan fingerprint density at radius 3 is 2.33 bits per heavy atom. The monoisotopic (exact) mass is 306 g/mol. The van der Waals surface area contributed by atoms with Crippen LogP contribution in [0.1, 0.15) is 11.3 Å². The molecule has 0 saturated carbocycles. The fraction of sp³-hybridized carbons (Fsp3) is 0.455. The van der Waals surface area contributed by atoms with Crippen LogP contribution in [-0.4, -0.2) is 51.5 Å². The minimum Gasteiger partial charge on any atom is -0.409 e. The van der Waals surface area contributed by atoms with Crippen molar-refractivity contribution < 1.29 is 28.6 Å². The number of nitrogens with zero attached hydrogens (tertiary/aromatic N) is 3. The summed E-state index contributed by atoms with van der Waals surface area (Å²) in [6.07, 6.45) is -6.88. The molecule has 0 aromatic carbocycles.